The summed E-state index contributed by atoms with van der Waals surface area (Å²) < 4.78 is 40.8. The van der Waals surface area contributed by atoms with Crippen molar-refractivity contribution in [3.05, 3.63) is 70.8 Å². The van der Waals surface area contributed by atoms with E-state index in [0.29, 0.717) is 11.1 Å². The Labute approximate surface area is 167 Å². The van der Waals surface area contributed by atoms with Crippen molar-refractivity contribution in [3.63, 3.8) is 0 Å². The lowest BCUT2D eigenvalue weighted by Crippen LogP contribution is -2.44. The van der Waals surface area contributed by atoms with E-state index in [-0.39, 0.29) is 25.0 Å². The molecule has 2 amide bonds. The first kappa shape index (κ1) is 22.4. The Balaban J connectivity index is 1.78. The summed E-state index contributed by atoms with van der Waals surface area (Å²) in [7, 11) is 0. The predicted molar refractivity (Wildman–Crippen MR) is 102 cm³/mol. The number of carbonyl (C=O) groups is 2. The lowest BCUT2D eigenvalue weighted by Gasteiger charge is -2.14. The molecule has 156 valence electrons. The molecule has 2 aromatic carbocycles. The number of alkyl halides is 3. The minimum atomic E-state index is -4.35. The number of aryl methyl sites for hydroxylation is 1. The van der Waals surface area contributed by atoms with E-state index in [1.54, 1.807) is 49.4 Å². The number of halogens is 3. The van der Waals surface area contributed by atoms with Crippen LogP contribution in [0.2, 0.25) is 0 Å². The zero-order valence-electron chi connectivity index (χ0n) is 16.2. The molecule has 0 aliphatic carbocycles. The molecule has 5 nitrogen and oxygen atoms in total. The number of benzene rings is 2. The standard InChI is InChI=1S/C21H23F3N2O3/c1-14-4-3-5-18(10-14)20(28)26-15(2)19(27)25-11-16-6-8-17(9-7-16)12-29-13-21(22,23)24/h3-10,15H,11-13H2,1-2H3,(H,25,27)(H,26,28)/t15-/m1/s1. The summed E-state index contributed by atoms with van der Waals surface area (Å²) in [5, 5.41) is 5.36. The van der Waals surface area contributed by atoms with Gasteiger partial charge in [0.25, 0.3) is 5.91 Å². The number of carbonyl (C=O) groups excluding carboxylic acids is 2. The van der Waals surface area contributed by atoms with Gasteiger partial charge in [-0.25, -0.2) is 0 Å². The Kier molecular flexibility index (Phi) is 7.78. The summed E-state index contributed by atoms with van der Waals surface area (Å²) in [5.41, 5.74) is 2.80. The molecule has 0 bridgehead atoms. The smallest absolute Gasteiger partial charge is 0.367 e. The van der Waals surface area contributed by atoms with E-state index in [9.17, 15) is 22.8 Å². The summed E-state index contributed by atoms with van der Waals surface area (Å²) in [6.07, 6.45) is -4.35. The summed E-state index contributed by atoms with van der Waals surface area (Å²) in [6, 6.07) is 13.0. The van der Waals surface area contributed by atoms with E-state index < -0.39 is 18.8 Å². The summed E-state index contributed by atoms with van der Waals surface area (Å²) in [6.45, 7) is 2.25. The van der Waals surface area contributed by atoms with Crippen molar-refractivity contribution >= 4 is 11.8 Å². The van der Waals surface area contributed by atoms with E-state index in [1.165, 1.54) is 0 Å². The summed E-state index contributed by atoms with van der Waals surface area (Å²) in [5.74, 6) is -0.678. The van der Waals surface area contributed by atoms with Crippen molar-refractivity contribution in [3.8, 4) is 0 Å². The molecule has 29 heavy (non-hydrogen) atoms. The van der Waals surface area contributed by atoms with E-state index in [0.717, 1.165) is 11.1 Å². The van der Waals surface area contributed by atoms with Gasteiger partial charge in [0.1, 0.15) is 12.6 Å². The van der Waals surface area contributed by atoms with Crippen LogP contribution in [0.15, 0.2) is 48.5 Å². The molecule has 1 atom stereocenters. The first-order valence-corrected chi connectivity index (χ1v) is 9.01. The van der Waals surface area contributed by atoms with Gasteiger partial charge in [-0.1, -0.05) is 42.0 Å². The van der Waals surface area contributed by atoms with Crippen LogP contribution in [0.25, 0.3) is 0 Å². The molecule has 2 rings (SSSR count). The molecule has 0 radical (unpaired) electrons. The maximum atomic E-state index is 12.2. The van der Waals surface area contributed by atoms with Gasteiger partial charge in [0, 0.05) is 12.1 Å². The molecule has 0 unspecified atom stereocenters. The molecule has 0 fully saturated rings. The van der Waals surface area contributed by atoms with Gasteiger partial charge in [0.05, 0.1) is 6.61 Å². The van der Waals surface area contributed by atoms with Crippen LogP contribution in [0.4, 0.5) is 13.2 Å². The fraction of sp³-hybridized carbons (Fsp3) is 0.333. The summed E-state index contributed by atoms with van der Waals surface area (Å²) >= 11 is 0. The van der Waals surface area contributed by atoms with Gasteiger partial charge in [-0.15, -0.1) is 0 Å². The van der Waals surface area contributed by atoms with Crippen molar-refractivity contribution in [2.24, 2.45) is 0 Å². The van der Waals surface area contributed by atoms with Crippen molar-refractivity contribution < 1.29 is 27.5 Å². The number of rotatable bonds is 8. The largest absolute Gasteiger partial charge is 0.411 e. The molecular formula is C21H23F3N2O3. The van der Waals surface area contributed by atoms with Crippen LogP contribution in [0.3, 0.4) is 0 Å². The monoisotopic (exact) mass is 408 g/mol. The Morgan fingerprint density at radius 3 is 2.34 bits per heavy atom. The Bertz CT molecular complexity index is 836. The third kappa shape index (κ3) is 7.95. The summed E-state index contributed by atoms with van der Waals surface area (Å²) in [4.78, 5) is 24.4. The van der Waals surface area contributed by atoms with Gasteiger partial charge in [-0.2, -0.15) is 13.2 Å². The van der Waals surface area contributed by atoms with E-state index in [4.69, 9.17) is 0 Å². The molecule has 8 heteroatoms. The van der Waals surface area contributed by atoms with Crippen LogP contribution >= 0.6 is 0 Å². The topological polar surface area (TPSA) is 67.4 Å². The van der Waals surface area contributed by atoms with Crippen LogP contribution in [0.5, 0.6) is 0 Å². The number of nitrogens with one attached hydrogen (secondary N) is 2. The van der Waals surface area contributed by atoms with Gasteiger partial charge in [-0.3, -0.25) is 9.59 Å². The second kappa shape index (κ2) is 10.1. The first-order valence-electron chi connectivity index (χ1n) is 9.01. The third-order valence-corrected chi connectivity index (χ3v) is 4.05. The van der Waals surface area contributed by atoms with Gasteiger partial charge in [0.2, 0.25) is 5.91 Å². The number of ether oxygens (including phenoxy) is 1. The molecule has 0 aliphatic rings. The molecule has 0 saturated heterocycles. The number of hydrogen-bond donors (Lipinski definition) is 2. The van der Waals surface area contributed by atoms with E-state index in [1.807, 2.05) is 13.0 Å². The molecule has 0 aliphatic heterocycles. The molecule has 0 heterocycles. The first-order chi connectivity index (χ1) is 13.6. The maximum absolute atomic E-state index is 12.2. The zero-order chi connectivity index (χ0) is 21.4. The van der Waals surface area contributed by atoms with Crippen LogP contribution in [-0.4, -0.2) is 30.6 Å². The van der Waals surface area contributed by atoms with Crippen LogP contribution in [0, 0.1) is 6.92 Å². The minimum Gasteiger partial charge on any atom is -0.367 e. The predicted octanol–water partition coefficient (Wildman–Crippen LogP) is 3.51. The van der Waals surface area contributed by atoms with Crippen LogP contribution < -0.4 is 10.6 Å². The quantitative estimate of drug-likeness (QED) is 0.703. The second-order valence-electron chi connectivity index (χ2n) is 6.71. The van der Waals surface area contributed by atoms with E-state index >= 15 is 0 Å². The Hall–Kier alpha value is -2.87. The molecule has 2 N–H and O–H groups in total. The highest BCUT2D eigenvalue weighted by Crippen LogP contribution is 2.15. The fourth-order valence-electron chi connectivity index (χ4n) is 2.51. The minimum absolute atomic E-state index is 0.145. The molecule has 2 aromatic rings. The van der Waals surface area contributed by atoms with Crippen molar-refractivity contribution in [1.29, 1.82) is 0 Å². The molecule has 0 spiro atoms. The number of amides is 2. The normalized spacial score (nSPS) is 12.3. The second-order valence-corrected chi connectivity index (χ2v) is 6.71. The third-order valence-electron chi connectivity index (χ3n) is 4.05. The average molecular weight is 408 g/mol. The van der Waals surface area contributed by atoms with Crippen LogP contribution in [0.1, 0.15) is 34.0 Å². The Morgan fingerprint density at radius 2 is 1.72 bits per heavy atom. The van der Waals surface area contributed by atoms with Gasteiger partial charge < -0.3 is 15.4 Å². The lowest BCUT2D eigenvalue weighted by atomic mass is 10.1. The van der Waals surface area contributed by atoms with E-state index in [2.05, 4.69) is 15.4 Å². The van der Waals surface area contributed by atoms with Crippen molar-refractivity contribution in [2.75, 3.05) is 6.61 Å². The van der Waals surface area contributed by atoms with Crippen molar-refractivity contribution in [1.82, 2.24) is 10.6 Å². The van der Waals surface area contributed by atoms with Gasteiger partial charge in [0.15, 0.2) is 0 Å². The fourth-order valence-corrected chi connectivity index (χ4v) is 2.51. The highest BCUT2D eigenvalue weighted by atomic mass is 19.4. The molecular weight excluding hydrogens is 385 g/mol. The zero-order valence-corrected chi connectivity index (χ0v) is 16.2. The molecule has 0 aromatic heterocycles. The highest BCUT2D eigenvalue weighted by Gasteiger charge is 2.27. The van der Waals surface area contributed by atoms with Crippen LogP contribution in [-0.2, 0) is 22.7 Å². The van der Waals surface area contributed by atoms with Gasteiger partial charge in [-0.05, 0) is 37.1 Å². The molecule has 0 saturated carbocycles. The van der Waals surface area contributed by atoms with Gasteiger partial charge >= 0.3 is 6.18 Å². The average Bonchev–Trinajstić information content (AvgIpc) is 2.66. The lowest BCUT2D eigenvalue weighted by molar-refractivity contribution is -0.176. The van der Waals surface area contributed by atoms with Crippen molar-refractivity contribution in [2.45, 2.75) is 39.2 Å². The SMILES string of the molecule is Cc1cccc(C(=O)N[C@H](C)C(=O)NCc2ccc(COCC(F)(F)F)cc2)c1. The Morgan fingerprint density at radius 1 is 1.07 bits per heavy atom. The maximum Gasteiger partial charge on any atom is 0.411 e. The number of hydrogen-bond acceptors (Lipinski definition) is 3. The highest BCUT2D eigenvalue weighted by molar-refractivity contribution is 5.97.